The number of carbonyl (C=O) groups is 2. The number of carbonyl (C=O) groups excluding carboxylic acids is 2. The van der Waals surface area contributed by atoms with Gasteiger partial charge in [0.05, 0.1) is 17.0 Å². The fraction of sp³-hybridized carbons (Fsp3) is 0.391. The highest BCUT2D eigenvalue weighted by molar-refractivity contribution is 9.10. The maximum Gasteiger partial charge on any atom is 0.387 e. The summed E-state index contributed by atoms with van der Waals surface area (Å²) >= 11 is 3.43. The van der Waals surface area contributed by atoms with E-state index in [1.165, 1.54) is 18.2 Å². The molecule has 2 aliphatic rings. The van der Waals surface area contributed by atoms with E-state index in [4.69, 9.17) is 0 Å². The molecule has 5 nitrogen and oxygen atoms in total. The van der Waals surface area contributed by atoms with Gasteiger partial charge >= 0.3 is 6.61 Å². The number of ether oxygens (including phenoxy) is 1. The molecule has 1 saturated carbocycles. The van der Waals surface area contributed by atoms with Gasteiger partial charge in [-0.2, -0.15) is 8.78 Å². The molecule has 0 bridgehead atoms. The molecular formula is C23H23BrF2N2O3. The molecule has 0 radical (unpaired) electrons. The minimum atomic E-state index is -3.01. The third-order valence-electron chi connectivity index (χ3n) is 5.92. The van der Waals surface area contributed by atoms with Gasteiger partial charge in [0.15, 0.2) is 0 Å². The van der Waals surface area contributed by atoms with E-state index < -0.39 is 12.5 Å². The third kappa shape index (κ3) is 4.89. The predicted molar refractivity (Wildman–Crippen MR) is 115 cm³/mol. The topological polar surface area (TPSA) is 58.6 Å². The van der Waals surface area contributed by atoms with Crippen molar-refractivity contribution in [3.8, 4) is 5.75 Å². The van der Waals surface area contributed by atoms with Crippen molar-refractivity contribution in [1.29, 1.82) is 0 Å². The summed E-state index contributed by atoms with van der Waals surface area (Å²) < 4.78 is 30.9. The van der Waals surface area contributed by atoms with Crippen LogP contribution in [-0.2, 0) is 10.3 Å². The normalized spacial score (nSPS) is 19.7. The van der Waals surface area contributed by atoms with E-state index in [1.54, 1.807) is 11.0 Å². The number of halogens is 3. The lowest BCUT2D eigenvalue weighted by molar-refractivity contribution is -0.127. The monoisotopic (exact) mass is 492 g/mol. The maximum atomic E-state index is 13.0. The number of alkyl halides is 2. The number of likely N-dealkylation sites (tertiary alicyclic amines) is 1. The summed E-state index contributed by atoms with van der Waals surface area (Å²) in [6.07, 6.45) is 3.12. The Labute approximate surface area is 187 Å². The van der Waals surface area contributed by atoms with Gasteiger partial charge in [-0.05, 0) is 55.5 Å². The third-order valence-corrected chi connectivity index (χ3v) is 6.45. The summed E-state index contributed by atoms with van der Waals surface area (Å²) in [6.45, 7) is -2.28. The number of para-hydroxylation sites is 1. The van der Waals surface area contributed by atoms with Crippen molar-refractivity contribution in [2.24, 2.45) is 5.92 Å². The van der Waals surface area contributed by atoms with Crippen LogP contribution < -0.4 is 10.1 Å². The highest BCUT2D eigenvalue weighted by Gasteiger charge is 2.46. The number of nitrogens with zero attached hydrogens (tertiary/aromatic N) is 1. The van der Waals surface area contributed by atoms with Crippen LogP contribution in [0.5, 0.6) is 5.75 Å². The molecule has 2 aromatic rings. The minimum Gasteiger partial charge on any atom is -0.434 e. The zero-order chi connectivity index (χ0) is 22.0. The van der Waals surface area contributed by atoms with Gasteiger partial charge in [-0.3, -0.25) is 9.59 Å². The molecule has 0 aromatic heterocycles. The van der Waals surface area contributed by atoms with Crippen LogP contribution in [0.3, 0.4) is 0 Å². The molecule has 8 heteroatoms. The first kappa shape index (κ1) is 21.7. The molecular weight excluding hydrogens is 470 g/mol. The lowest BCUT2D eigenvalue weighted by atomic mass is 9.95. The van der Waals surface area contributed by atoms with Crippen molar-refractivity contribution in [2.75, 3.05) is 13.1 Å². The molecule has 1 unspecified atom stereocenters. The molecule has 4 rings (SSSR count). The van der Waals surface area contributed by atoms with E-state index in [9.17, 15) is 18.4 Å². The summed E-state index contributed by atoms with van der Waals surface area (Å²) in [4.78, 5) is 27.6. The first-order chi connectivity index (χ1) is 14.9. The molecule has 1 saturated heterocycles. The smallest absolute Gasteiger partial charge is 0.387 e. The Hall–Kier alpha value is -2.48. The Kier molecular flexibility index (Phi) is 6.27. The molecule has 1 aliphatic heterocycles. The molecule has 2 aromatic carbocycles. The van der Waals surface area contributed by atoms with Crippen LogP contribution in [0.2, 0.25) is 0 Å². The van der Waals surface area contributed by atoms with Crippen LogP contribution in [0.15, 0.2) is 53.0 Å². The van der Waals surface area contributed by atoms with Crippen molar-refractivity contribution in [3.63, 3.8) is 0 Å². The molecule has 1 aliphatic carbocycles. The molecule has 0 spiro atoms. The summed E-state index contributed by atoms with van der Waals surface area (Å²) in [5, 5.41) is 3.19. The first-order valence-electron chi connectivity index (χ1n) is 10.3. The average molecular weight is 493 g/mol. The second-order valence-electron chi connectivity index (χ2n) is 8.04. The van der Waals surface area contributed by atoms with E-state index in [-0.39, 0.29) is 35.2 Å². The molecule has 2 amide bonds. The molecule has 31 heavy (non-hydrogen) atoms. The molecule has 1 N–H and O–H groups in total. The number of nitrogens with one attached hydrogen (secondary N) is 1. The molecule has 2 fully saturated rings. The van der Waals surface area contributed by atoms with Crippen LogP contribution in [0.1, 0.15) is 41.6 Å². The Morgan fingerprint density at radius 1 is 1.13 bits per heavy atom. The average Bonchev–Trinajstić information content (AvgIpc) is 3.54. The largest absolute Gasteiger partial charge is 0.434 e. The highest BCUT2D eigenvalue weighted by atomic mass is 79.9. The molecule has 1 heterocycles. The zero-order valence-corrected chi connectivity index (χ0v) is 18.4. The first-order valence-corrected chi connectivity index (χ1v) is 11.1. The van der Waals surface area contributed by atoms with Crippen molar-refractivity contribution in [3.05, 3.63) is 64.1 Å². The van der Waals surface area contributed by atoms with Crippen LogP contribution in [0.4, 0.5) is 8.78 Å². The van der Waals surface area contributed by atoms with Crippen molar-refractivity contribution >= 4 is 27.7 Å². The van der Waals surface area contributed by atoms with Gasteiger partial charge in [-0.1, -0.05) is 40.2 Å². The Morgan fingerprint density at radius 3 is 2.52 bits per heavy atom. The number of hydrogen-bond donors (Lipinski definition) is 1. The summed E-state index contributed by atoms with van der Waals surface area (Å²) in [7, 11) is 0. The molecule has 1 atom stereocenters. The summed E-state index contributed by atoms with van der Waals surface area (Å²) in [5.74, 6) is -0.965. The van der Waals surface area contributed by atoms with E-state index in [0.717, 1.165) is 22.9 Å². The quantitative estimate of drug-likeness (QED) is 0.635. The van der Waals surface area contributed by atoms with Gasteiger partial charge in [0.25, 0.3) is 5.91 Å². The SMILES string of the molecule is O=C(NC1(c2ccc(Br)cc2)CC1)C1CCCN(C(=O)c2ccccc2OC(F)F)C1. The number of rotatable bonds is 6. The van der Waals surface area contributed by atoms with Crippen LogP contribution >= 0.6 is 15.9 Å². The standard InChI is InChI=1S/C23H23BrF2N2O3/c24-17-9-7-16(8-10-17)23(11-12-23)27-20(29)15-4-3-13-28(14-15)21(30)18-5-1-2-6-19(18)31-22(25)26/h1-2,5-10,15,22H,3-4,11-14H2,(H,27,29). The van der Waals surface area contributed by atoms with Gasteiger partial charge < -0.3 is 15.0 Å². The van der Waals surface area contributed by atoms with Gasteiger partial charge in [-0.15, -0.1) is 0 Å². The summed E-state index contributed by atoms with van der Waals surface area (Å²) in [6, 6.07) is 13.9. The fourth-order valence-electron chi connectivity index (χ4n) is 4.11. The van der Waals surface area contributed by atoms with E-state index in [2.05, 4.69) is 26.0 Å². The minimum absolute atomic E-state index is 0.0740. The fourth-order valence-corrected chi connectivity index (χ4v) is 4.37. The van der Waals surface area contributed by atoms with Crippen molar-refractivity contribution in [1.82, 2.24) is 10.2 Å². The Balaban J connectivity index is 1.43. The summed E-state index contributed by atoms with van der Waals surface area (Å²) in [5.41, 5.74) is 0.824. The van der Waals surface area contributed by atoms with E-state index in [1.807, 2.05) is 24.3 Å². The predicted octanol–water partition coefficient (Wildman–Crippen LogP) is 4.71. The number of hydrogen-bond acceptors (Lipinski definition) is 3. The lowest BCUT2D eigenvalue weighted by Gasteiger charge is -2.33. The number of amides is 2. The Morgan fingerprint density at radius 2 is 1.84 bits per heavy atom. The van der Waals surface area contributed by atoms with Crippen LogP contribution in [0.25, 0.3) is 0 Å². The second kappa shape index (κ2) is 8.94. The van der Waals surface area contributed by atoms with Gasteiger partial charge in [0.1, 0.15) is 5.75 Å². The van der Waals surface area contributed by atoms with E-state index >= 15 is 0 Å². The van der Waals surface area contributed by atoms with Crippen LogP contribution in [0, 0.1) is 5.92 Å². The molecule has 164 valence electrons. The second-order valence-corrected chi connectivity index (χ2v) is 8.96. The Bertz CT molecular complexity index is 964. The van der Waals surface area contributed by atoms with E-state index in [0.29, 0.717) is 19.4 Å². The van der Waals surface area contributed by atoms with Crippen LogP contribution in [-0.4, -0.2) is 36.4 Å². The number of piperidine rings is 1. The lowest BCUT2D eigenvalue weighted by Crippen LogP contribution is -2.47. The van der Waals surface area contributed by atoms with Gasteiger partial charge in [0, 0.05) is 17.6 Å². The van der Waals surface area contributed by atoms with Gasteiger partial charge in [0.2, 0.25) is 5.91 Å². The van der Waals surface area contributed by atoms with Gasteiger partial charge in [-0.25, -0.2) is 0 Å². The van der Waals surface area contributed by atoms with Crippen molar-refractivity contribution in [2.45, 2.75) is 37.8 Å². The maximum absolute atomic E-state index is 13.0. The number of benzene rings is 2. The highest BCUT2D eigenvalue weighted by Crippen LogP contribution is 2.46. The van der Waals surface area contributed by atoms with Crippen molar-refractivity contribution < 1.29 is 23.1 Å². The zero-order valence-electron chi connectivity index (χ0n) is 16.8.